The van der Waals surface area contributed by atoms with E-state index in [1.165, 1.54) is 0 Å². The average Bonchev–Trinajstić information content (AvgIpc) is 3.13. The van der Waals surface area contributed by atoms with E-state index in [1.54, 1.807) is 9.58 Å². The Kier molecular flexibility index (Phi) is 5.82. The minimum atomic E-state index is -0.111. The summed E-state index contributed by atoms with van der Waals surface area (Å²) in [6.45, 7) is 7.04. The number of carbonyl (C=O) groups excluding carboxylic acids is 1. The van der Waals surface area contributed by atoms with Crippen molar-refractivity contribution in [3.8, 4) is 11.3 Å². The van der Waals surface area contributed by atoms with Gasteiger partial charge in [0.2, 0.25) is 0 Å². The zero-order valence-corrected chi connectivity index (χ0v) is 16.8. The lowest BCUT2D eigenvalue weighted by atomic mass is 9.93. The van der Waals surface area contributed by atoms with Crippen LogP contribution in [0.3, 0.4) is 0 Å². The number of benzene rings is 1. The van der Waals surface area contributed by atoms with Crippen LogP contribution in [-0.2, 0) is 7.05 Å². The number of nitrogens with one attached hydrogen (secondary N) is 3. The van der Waals surface area contributed by atoms with E-state index in [9.17, 15) is 4.79 Å². The number of urea groups is 1. The highest BCUT2D eigenvalue weighted by molar-refractivity contribution is 5.90. The Labute approximate surface area is 161 Å². The Morgan fingerprint density at radius 1 is 1.22 bits per heavy atom. The Morgan fingerprint density at radius 2 is 1.85 bits per heavy atom. The van der Waals surface area contributed by atoms with E-state index in [4.69, 9.17) is 0 Å². The van der Waals surface area contributed by atoms with Gasteiger partial charge in [0.05, 0.1) is 5.69 Å². The number of carbonyl (C=O) groups is 1. The molecule has 2 heterocycles. The van der Waals surface area contributed by atoms with Crippen molar-refractivity contribution in [2.75, 3.05) is 18.9 Å². The summed E-state index contributed by atoms with van der Waals surface area (Å²) in [6, 6.07) is 10.7. The quantitative estimate of drug-likeness (QED) is 0.757. The second-order valence-corrected chi connectivity index (χ2v) is 7.48. The Morgan fingerprint density at radius 3 is 2.48 bits per heavy atom. The van der Waals surface area contributed by atoms with Gasteiger partial charge >= 0.3 is 6.03 Å². The molecule has 2 unspecified atom stereocenters. The van der Waals surface area contributed by atoms with E-state index in [0.29, 0.717) is 24.5 Å². The predicted octanol–water partition coefficient (Wildman–Crippen LogP) is 2.75. The molecule has 2 amide bonds. The van der Waals surface area contributed by atoms with Crippen LogP contribution in [0.5, 0.6) is 0 Å². The van der Waals surface area contributed by atoms with Crippen molar-refractivity contribution >= 4 is 11.8 Å². The number of hydrogen-bond acceptors (Lipinski definition) is 4. The number of hydrogen-bond donors (Lipinski definition) is 3. The van der Waals surface area contributed by atoms with Crippen LogP contribution < -0.4 is 16.2 Å². The van der Waals surface area contributed by atoms with Gasteiger partial charge in [0.1, 0.15) is 5.82 Å². The highest BCUT2D eigenvalue weighted by atomic mass is 16.2. The number of amides is 2. The molecule has 0 radical (unpaired) electrons. The van der Waals surface area contributed by atoms with Gasteiger partial charge in [-0.15, -0.1) is 0 Å². The minimum absolute atomic E-state index is 0.111. The van der Waals surface area contributed by atoms with E-state index in [2.05, 4.69) is 35.1 Å². The lowest BCUT2D eigenvalue weighted by Crippen LogP contribution is -2.35. The van der Waals surface area contributed by atoms with Crippen LogP contribution in [0.15, 0.2) is 30.3 Å². The smallest absolute Gasteiger partial charge is 0.322 e. The normalized spacial score (nSPS) is 22.0. The maximum atomic E-state index is 12.7. The molecule has 1 aromatic carbocycles. The maximum absolute atomic E-state index is 12.7. The number of aryl methyl sites for hydroxylation is 1. The highest BCUT2D eigenvalue weighted by Crippen LogP contribution is 2.27. The van der Waals surface area contributed by atoms with Gasteiger partial charge in [-0.1, -0.05) is 30.3 Å². The molecule has 1 aromatic heterocycles. The van der Waals surface area contributed by atoms with Crippen LogP contribution >= 0.6 is 0 Å². The van der Waals surface area contributed by atoms with E-state index < -0.39 is 0 Å². The molecular formula is C20H30N6O. The first-order valence-corrected chi connectivity index (χ1v) is 9.50. The molecule has 3 N–H and O–H groups in total. The van der Waals surface area contributed by atoms with Gasteiger partial charge in [0.15, 0.2) is 0 Å². The lowest BCUT2D eigenvalue weighted by Gasteiger charge is -2.23. The fraction of sp³-hybridized carbons (Fsp3) is 0.500. The molecule has 7 nitrogen and oxygen atoms in total. The van der Waals surface area contributed by atoms with Gasteiger partial charge < -0.3 is 4.90 Å². The van der Waals surface area contributed by atoms with E-state index >= 15 is 0 Å². The first kappa shape index (κ1) is 19.4. The van der Waals surface area contributed by atoms with Crippen molar-refractivity contribution in [3.05, 3.63) is 35.9 Å². The van der Waals surface area contributed by atoms with E-state index in [0.717, 1.165) is 29.1 Å². The molecule has 0 aliphatic carbocycles. The summed E-state index contributed by atoms with van der Waals surface area (Å²) in [5.41, 5.74) is 9.43. The highest BCUT2D eigenvalue weighted by Gasteiger charge is 2.30. The molecule has 1 fully saturated rings. The molecule has 146 valence electrons. The summed E-state index contributed by atoms with van der Waals surface area (Å²) >= 11 is 0. The summed E-state index contributed by atoms with van der Waals surface area (Å²) in [5, 5.41) is 7.61. The van der Waals surface area contributed by atoms with E-state index in [-0.39, 0.29) is 6.03 Å². The molecule has 0 saturated carbocycles. The molecule has 2 aromatic rings. The van der Waals surface area contributed by atoms with Crippen LogP contribution in [-0.4, -0.2) is 46.4 Å². The Bertz CT molecular complexity index is 777. The number of aromatic nitrogens is 2. The zero-order valence-electron chi connectivity index (χ0n) is 16.8. The van der Waals surface area contributed by atoms with Gasteiger partial charge in [-0.05, 0) is 33.1 Å². The summed E-state index contributed by atoms with van der Waals surface area (Å²) < 4.78 is 1.73. The molecule has 1 aliphatic heterocycles. The third-order valence-electron chi connectivity index (χ3n) is 5.52. The Balaban J connectivity index is 1.64. The predicted molar refractivity (Wildman–Crippen MR) is 108 cm³/mol. The maximum Gasteiger partial charge on any atom is 0.322 e. The second kappa shape index (κ2) is 8.10. The van der Waals surface area contributed by atoms with Crippen molar-refractivity contribution < 1.29 is 4.79 Å². The number of rotatable bonds is 5. The van der Waals surface area contributed by atoms with Crippen molar-refractivity contribution in [1.82, 2.24) is 25.5 Å². The standard InChI is InChI=1S/C20H30N6O/c1-13-18(16-9-7-6-8-10-16)24-26(5)19(13)21-20(27)25(4)12-11-17-14(2)22-23-15(17)3/h6-10,14-15,17,22-23H,11-12H2,1-5H3,(H,21,27). The monoisotopic (exact) mass is 370 g/mol. The van der Waals surface area contributed by atoms with Crippen molar-refractivity contribution in [2.45, 2.75) is 39.3 Å². The first-order valence-electron chi connectivity index (χ1n) is 9.50. The summed E-state index contributed by atoms with van der Waals surface area (Å²) in [7, 11) is 3.69. The van der Waals surface area contributed by atoms with Crippen LogP contribution in [0.25, 0.3) is 11.3 Å². The Hall–Kier alpha value is -2.38. The fourth-order valence-electron chi connectivity index (χ4n) is 3.73. The van der Waals surface area contributed by atoms with Crippen LogP contribution in [0, 0.1) is 12.8 Å². The van der Waals surface area contributed by atoms with Crippen LogP contribution in [0.1, 0.15) is 25.8 Å². The second-order valence-electron chi connectivity index (χ2n) is 7.48. The molecule has 0 bridgehead atoms. The summed E-state index contributed by atoms with van der Waals surface area (Å²) in [4.78, 5) is 14.4. The van der Waals surface area contributed by atoms with Crippen molar-refractivity contribution in [1.29, 1.82) is 0 Å². The third-order valence-corrected chi connectivity index (χ3v) is 5.52. The first-order chi connectivity index (χ1) is 12.9. The van der Waals surface area contributed by atoms with Crippen LogP contribution in [0.2, 0.25) is 0 Å². The van der Waals surface area contributed by atoms with Crippen molar-refractivity contribution in [3.63, 3.8) is 0 Å². The van der Waals surface area contributed by atoms with Crippen molar-refractivity contribution in [2.24, 2.45) is 13.0 Å². The molecule has 2 atom stereocenters. The molecule has 1 saturated heterocycles. The molecule has 3 rings (SSSR count). The summed E-state index contributed by atoms with van der Waals surface area (Å²) in [6.07, 6.45) is 0.950. The number of hydrazine groups is 1. The fourth-order valence-corrected chi connectivity index (χ4v) is 3.73. The average molecular weight is 371 g/mol. The molecule has 7 heteroatoms. The summed E-state index contributed by atoms with van der Waals surface area (Å²) in [5.74, 6) is 1.24. The van der Waals surface area contributed by atoms with Gasteiger partial charge in [-0.25, -0.2) is 4.79 Å². The number of anilines is 1. The lowest BCUT2D eigenvalue weighted by molar-refractivity contribution is 0.217. The molecule has 1 aliphatic rings. The minimum Gasteiger partial charge on any atom is -0.328 e. The topological polar surface area (TPSA) is 74.2 Å². The molecular weight excluding hydrogens is 340 g/mol. The van der Waals surface area contributed by atoms with Gasteiger partial charge in [0.25, 0.3) is 0 Å². The SMILES string of the molecule is Cc1c(-c2ccccc2)nn(C)c1NC(=O)N(C)CCC1C(C)NNC1C. The van der Waals surface area contributed by atoms with Gasteiger partial charge in [-0.3, -0.25) is 20.9 Å². The van der Waals surface area contributed by atoms with Crippen LogP contribution in [0.4, 0.5) is 10.6 Å². The largest absolute Gasteiger partial charge is 0.328 e. The molecule has 0 spiro atoms. The zero-order chi connectivity index (χ0) is 19.6. The van der Waals surface area contributed by atoms with E-state index in [1.807, 2.05) is 51.4 Å². The third kappa shape index (κ3) is 4.14. The number of nitrogens with zero attached hydrogens (tertiary/aromatic N) is 3. The van der Waals surface area contributed by atoms with Gasteiger partial charge in [0, 0.05) is 43.9 Å². The molecule has 27 heavy (non-hydrogen) atoms. The van der Waals surface area contributed by atoms with Gasteiger partial charge in [-0.2, -0.15) is 5.10 Å².